The molecule has 0 fully saturated rings. The number of aryl methyl sites for hydroxylation is 1. The lowest BCUT2D eigenvalue weighted by atomic mass is 10.7. The van der Waals surface area contributed by atoms with Crippen LogP contribution < -0.4 is 0 Å². The minimum absolute atomic E-state index is 0.692. The Labute approximate surface area is 87.7 Å². The van der Waals surface area contributed by atoms with Gasteiger partial charge in [-0.3, -0.25) is 4.68 Å². The van der Waals surface area contributed by atoms with Crippen LogP contribution in [0, 0.1) is 6.92 Å². The maximum Gasteiger partial charge on any atom is 0.139 e. The van der Waals surface area contributed by atoms with Crippen molar-refractivity contribution in [2.24, 2.45) is 0 Å². The van der Waals surface area contributed by atoms with Gasteiger partial charge in [0.05, 0.1) is 6.54 Å². The summed E-state index contributed by atoms with van der Waals surface area (Å²) >= 11 is 4.88. The Kier molecular flexibility index (Phi) is 2.41. The number of hydrogen-bond acceptors (Lipinski definition) is 4. The highest BCUT2D eigenvalue weighted by Crippen LogP contribution is 2.10. The van der Waals surface area contributed by atoms with Gasteiger partial charge >= 0.3 is 0 Å². The van der Waals surface area contributed by atoms with Crippen molar-refractivity contribution in [3.8, 4) is 0 Å². The molecule has 0 radical (unpaired) electrons. The lowest BCUT2D eigenvalue weighted by molar-refractivity contribution is 0.672. The van der Waals surface area contributed by atoms with E-state index in [1.807, 2.05) is 23.9 Å². The van der Waals surface area contributed by atoms with E-state index in [-0.39, 0.29) is 0 Å². The van der Waals surface area contributed by atoms with Gasteiger partial charge in [-0.25, -0.2) is 0 Å². The van der Waals surface area contributed by atoms with Crippen LogP contribution in [-0.2, 0) is 6.54 Å². The molecule has 4 nitrogen and oxygen atoms in total. The Bertz CT molecular complexity index is 370. The average molecular weight is 259 g/mol. The standard InChI is InChI=1S/C7H7BrN4S/c1-5-9-10-7(13-5)4-12-3-2-6(8)11-12/h2-3H,4H2,1H3. The topological polar surface area (TPSA) is 43.6 Å². The zero-order chi connectivity index (χ0) is 9.26. The minimum Gasteiger partial charge on any atom is -0.265 e. The summed E-state index contributed by atoms with van der Waals surface area (Å²) in [6.45, 7) is 2.64. The van der Waals surface area contributed by atoms with E-state index in [4.69, 9.17) is 0 Å². The highest BCUT2D eigenvalue weighted by atomic mass is 79.9. The monoisotopic (exact) mass is 258 g/mol. The van der Waals surface area contributed by atoms with Crippen LogP contribution in [0.15, 0.2) is 16.9 Å². The zero-order valence-electron chi connectivity index (χ0n) is 6.94. The molecule has 0 aliphatic rings. The van der Waals surface area contributed by atoms with E-state index in [1.54, 1.807) is 11.3 Å². The fourth-order valence-electron chi connectivity index (χ4n) is 0.965. The first-order valence-electron chi connectivity index (χ1n) is 3.72. The van der Waals surface area contributed by atoms with E-state index in [2.05, 4.69) is 31.2 Å². The molecule has 0 unspecified atom stereocenters. The first-order chi connectivity index (χ1) is 6.24. The smallest absolute Gasteiger partial charge is 0.139 e. The summed E-state index contributed by atoms with van der Waals surface area (Å²) in [5.74, 6) is 0. The Morgan fingerprint density at radius 2 is 2.38 bits per heavy atom. The lowest BCUT2D eigenvalue weighted by Crippen LogP contribution is -1.99. The van der Waals surface area contributed by atoms with Crippen molar-refractivity contribution in [2.75, 3.05) is 0 Å². The second-order valence-corrected chi connectivity index (χ2v) is 4.63. The third-order valence-corrected chi connectivity index (χ3v) is 2.72. The number of hydrogen-bond donors (Lipinski definition) is 0. The molecule has 0 N–H and O–H groups in total. The van der Waals surface area contributed by atoms with Gasteiger partial charge in [0.2, 0.25) is 0 Å². The number of nitrogens with zero attached hydrogens (tertiary/aromatic N) is 4. The molecule has 13 heavy (non-hydrogen) atoms. The predicted molar refractivity (Wildman–Crippen MR) is 53.7 cm³/mol. The van der Waals surface area contributed by atoms with Gasteiger partial charge < -0.3 is 0 Å². The Hall–Kier alpha value is -0.750. The van der Waals surface area contributed by atoms with Gasteiger partial charge in [0.25, 0.3) is 0 Å². The van der Waals surface area contributed by atoms with Crippen molar-refractivity contribution in [3.05, 3.63) is 26.9 Å². The molecule has 0 aliphatic heterocycles. The van der Waals surface area contributed by atoms with Crippen molar-refractivity contribution < 1.29 is 0 Å². The number of aromatic nitrogens is 4. The fourth-order valence-corrected chi connectivity index (χ4v) is 1.99. The number of halogens is 1. The fraction of sp³-hybridized carbons (Fsp3) is 0.286. The molecule has 2 rings (SSSR count). The highest BCUT2D eigenvalue weighted by Gasteiger charge is 2.02. The van der Waals surface area contributed by atoms with Crippen LogP contribution in [0.25, 0.3) is 0 Å². The van der Waals surface area contributed by atoms with E-state index in [1.165, 1.54) is 0 Å². The van der Waals surface area contributed by atoms with E-state index >= 15 is 0 Å². The molecule has 2 aromatic heterocycles. The number of rotatable bonds is 2. The SMILES string of the molecule is Cc1nnc(Cn2ccc(Br)n2)s1. The van der Waals surface area contributed by atoms with E-state index in [9.17, 15) is 0 Å². The molecule has 0 aliphatic carbocycles. The van der Waals surface area contributed by atoms with Gasteiger partial charge in [-0.1, -0.05) is 11.3 Å². The lowest BCUT2D eigenvalue weighted by Gasteiger charge is -1.94. The maximum atomic E-state index is 4.19. The van der Waals surface area contributed by atoms with Crippen LogP contribution in [0.4, 0.5) is 0 Å². The van der Waals surface area contributed by atoms with Crippen molar-refractivity contribution in [1.29, 1.82) is 0 Å². The van der Waals surface area contributed by atoms with E-state index in [0.717, 1.165) is 14.6 Å². The van der Waals surface area contributed by atoms with Gasteiger partial charge in [-0.15, -0.1) is 10.2 Å². The Morgan fingerprint density at radius 1 is 1.54 bits per heavy atom. The summed E-state index contributed by atoms with van der Waals surface area (Å²) in [6.07, 6.45) is 1.90. The highest BCUT2D eigenvalue weighted by molar-refractivity contribution is 9.10. The summed E-state index contributed by atoms with van der Waals surface area (Å²) in [7, 11) is 0. The third-order valence-electron chi connectivity index (χ3n) is 1.47. The Balaban J connectivity index is 2.14. The molecule has 0 aromatic carbocycles. The summed E-state index contributed by atoms with van der Waals surface area (Å²) in [5, 5.41) is 14.1. The van der Waals surface area contributed by atoms with Gasteiger partial charge in [0, 0.05) is 6.20 Å². The molecule has 0 spiro atoms. The van der Waals surface area contributed by atoms with Crippen LogP contribution in [0.5, 0.6) is 0 Å². The van der Waals surface area contributed by atoms with Gasteiger partial charge in [-0.2, -0.15) is 5.10 Å². The molecule has 68 valence electrons. The van der Waals surface area contributed by atoms with Crippen LogP contribution in [0.1, 0.15) is 10.0 Å². The zero-order valence-corrected chi connectivity index (χ0v) is 9.34. The molecule has 2 aromatic rings. The third kappa shape index (κ3) is 2.13. The average Bonchev–Trinajstić information content (AvgIpc) is 2.62. The van der Waals surface area contributed by atoms with E-state index in [0.29, 0.717) is 6.54 Å². The molecule has 0 atom stereocenters. The van der Waals surface area contributed by atoms with Crippen LogP contribution >= 0.6 is 27.3 Å². The summed E-state index contributed by atoms with van der Waals surface area (Å²) in [6, 6.07) is 1.90. The van der Waals surface area contributed by atoms with Crippen molar-refractivity contribution in [3.63, 3.8) is 0 Å². The summed E-state index contributed by atoms with van der Waals surface area (Å²) in [5.41, 5.74) is 0. The first kappa shape index (κ1) is 8.83. The van der Waals surface area contributed by atoms with Crippen LogP contribution in [0.3, 0.4) is 0 Å². The molecule has 0 saturated carbocycles. The van der Waals surface area contributed by atoms with Crippen LogP contribution in [0.2, 0.25) is 0 Å². The summed E-state index contributed by atoms with van der Waals surface area (Å²) in [4.78, 5) is 0. The van der Waals surface area contributed by atoms with Crippen molar-refractivity contribution >= 4 is 27.3 Å². The molecular formula is C7H7BrN4S. The largest absolute Gasteiger partial charge is 0.265 e. The molecule has 0 saturated heterocycles. The molecule has 0 bridgehead atoms. The van der Waals surface area contributed by atoms with Crippen LogP contribution in [-0.4, -0.2) is 20.0 Å². The predicted octanol–water partition coefficient (Wildman–Crippen LogP) is 1.85. The van der Waals surface area contributed by atoms with Gasteiger partial charge in [0.15, 0.2) is 0 Å². The van der Waals surface area contributed by atoms with Gasteiger partial charge in [-0.05, 0) is 28.9 Å². The normalized spacial score (nSPS) is 10.6. The first-order valence-corrected chi connectivity index (χ1v) is 5.33. The van der Waals surface area contributed by atoms with E-state index < -0.39 is 0 Å². The second-order valence-electron chi connectivity index (χ2n) is 2.55. The molecular weight excluding hydrogens is 252 g/mol. The second kappa shape index (κ2) is 3.55. The minimum atomic E-state index is 0.692. The molecule has 0 amide bonds. The molecule has 6 heteroatoms. The van der Waals surface area contributed by atoms with Crippen molar-refractivity contribution in [2.45, 2.75) is 13.5 Å². The summed E-state index contributed by atoms with van der Waals surface area (Å²) < 4.78 is 2.66. The quantitative estimate of drug-likeness (QED) is 0.826. The Morgan fingerprint density at radius 3 is 2.92 bits per heavy atom. The van der Waals surface area contributed by atoms with Gasteiger partial charge in [0.1, 0.15) is 14.6 Å². The van der Waals surface area contributed by atoms with Crippen molar-refractivity contribution in [1.82, 2.24) is 20.0 Å². The maximum absolute atomic E-state index is 4.19. The molecule has 2 heterocycles.